The van der Waals surface area contributed by atoms with Crippen LogP contribution in [0.5, 0.6) is 0 Å². The van der Waals surface area contributed by atoms with Crippen molar-refractivity contribution in [1.29, 1.82) is 0 Å². The van der Waals surface area contributed by atoms with E-state index in [1.54, 1.807) is 18.5 Å². The Labute approximate surface area is 195 Å². The molecular weight excluding hydrogens is 439 g/mol. The Balaban J connectivity index is 1.53. The number of nitrogens with zero attached hydrogens (tertiary/aromatic N) is 5. The molecule has 0 aliphatic heterocycles. The highest BCUT2D eigenvalue weighted by molar-refractivity contribution is 6.30. The standard InChI is InChI=1S/C25H22ClFN6/c1-15(2)33-12-9-21(32-33)25-24(17-5-7-20-22(14-17)29-11-10-28-20)30-23(31-25)8-4-16-3-6-18(26)19(27)13-16/h3,5-7,9-15H,4,8H2,1-2H3,(H,30,31). The molecule has 0 fully saturated rings. The fourth-order valence-corrected chi connectivity index (χ4v) is 3.88. The summed E-state index contributed by atoms with van der Waals surface area (Å²) < 4.78 is 15.8. The number of fused-ring (bicyclic) bond motifs is 1. The second-order valence-electron chi connectivity index (χ2n) is 8.19. The van der Waals surface area contributed by atoms with Gasteiger partial charge in [0.05, 0.1) is 27.4 Å². The molecule has 5 rings (SSSR count). The van der Waals surface area contributed by atoms with Gasteiger partial charge in [0.2, 0.25) is 0 Å². The van der Waals surface area contributed by atoms with Crippen molar-refractivity contribution >= 4 is 22.6 Å². The van der Waals surface area contributed by atoms with Gasteiger partial charge >= 0.3 is 0 Å². The smallest absolute Gasteiger partial charge is 0.142 e. The summed E-state index contributed by atoms with van der Waals surface area (Å²) in [4.78, 5) is 17.1. The van der Waals surface area contributed by atoms with Gasteiger partial charge in [0.25, 0.3) is 0 Å². The Kier molecular flexibility index (Phi) is 5.64. The number of aromatic amines is 1. The summed E-state index contributed by atoms with van der Waals surface area (Å²) in [6, 6.07) is 13.0. The van der Waals surface area contributed by atoms with Gasteiger partial charge in [-0.1, -0.05) is 23.7 Å². The van der Waals surface area contributed by atoms with Gasteiger partial charge in [0.1, 0.15) is 17.3 Å². The van der Waals surface area contributed by atoms with Crippen LogP contribution in [-0.2, 0) is 12.8 Å². The largest absolute Gasteiger partial charge is 0.340 e. The molecule has 6 nitrogen and oxygen atoms in total. The quantitative estimate of drug-likeness (QED) is 0.335. The van der Waals surface area contributed by atoms with Gasteiger partial charge in [-0.05, 0) is 56.2 Å². The Bertz CT molecular complexity index is 1440. The summed E-state index contributed by atoms with van der Waals surface area (Å²) in [6.45, 7) is 4.17. The van der Waals surface area contributed by atoms with Crippen molar-refractivity contribution in [3.63, 3.8) is 0 Å². The van der Waals surface area contributed by atoms with E-state index in [9.17, 15) is 4.39 Å². The molecule has 0 unspecified atom stereocenters. The van der Waals surface area contributed by atoms with Crippen molar-refractivity contribution in [3.8, 4) is 22.6 Å². The first-order chi connectivity index (χ1) is 16.0. The van der Waals surface area contributed by atoms with Crippen molar-refractivity contribution in [3.05, 3.63) is 83.3 Å². The van der Waals surface area contributed by atoms with E-state index in [1.807, 2.05) is 41.2 Å². The first-order valence-corrected chi connectivity index (χ1v) is 11.1. The average Bonchev–Trinajstić information content (AvgIpc) is 3.47. The van der Waals surface area contributed by atoms with Crippen molar-refractivity contribution in [2.45, 2.75) is 32.7 Å². The summed E-state index contributed by atoms with van der Waals surface area (Å²) in [6.07, 6.45) is 6.57. The highest BCUT2D eigenvalue weighted by atomic mass is 35.5. The molecule has 0 amide bonds. The highest BCUT2D eigenvalue weighted by Gasteiger charge is 2.18. The van der Waals surface area contributed by atoms with Crippen molar-refractivity contribution in [1.82, 2.24) is 29.7 Å². The summed E-state index contributed by atoms with van der Waals surface area (Å²) in [5, 5.41) is 4.86. The minimum Gasteiger partial charge on any atom is -0.340 e. The maximum atomic E-state index is 13.8. The lowest BCUT2D eigenvalue weighted by Gasteiger charge is -2.04. The van der Waals surface area contributed by atoms with E-state index >= 15 is 0 Å². The van der Waals surface area contributed by atoms with E-state index in [0.29, 0.717) is 12.8 Å². The van der Waals surface area contributed by atoms with Crippen LogP contribution >= 0.6 is 11.6 Å². The molecule has 1 N–H and O–H groups in total. The van der Waals surface area contributed by atoms with Crippen molar-refractivity contribution < 1.29 is 4.39 Å². The first kappa shape index (κ1) is 21.3. The highest BCUT2D eigenvalue weighted by Crippen LogP contribution is 2.31. The van der Waals surface area contributed by atoms with E-state index in [-0.39, 0.29) is 11.1 Å². The molecule has 3 aromatic heterocycles. The number of nitrogens with one attached hydrogen (secondary N) is 1. The minimum absolute atomic E-state index is 0.126. The molecule has 0 bridgehead atoms. The fourth-order valence-electron chi connectivity index (χ4n) is 3.76. The molecular formula is C25H22ClFN6. The topological polar surface area (TPSA) is 72.3 Å². The number of imidazole rings is 1. The summed E-state index contributed by atoms with van der Waals surface area (Å²) >= 11 is 5.81. The molecule has 0 spiro atoms. The van der Waals surface area contributed by atoms with E-state index in [0.717, 1.165) is 45.1 Å². The van der Waals surface area contributed by atoms with E-state index < -0.39 is 5.82 Å². The van der Waals surface area contributed by atoms with Crippen LogP contribution in [0.25, 0.3) is 33.7 Å². The number of H-pyrrole nitrogens is 1. The zero-order valence-corrected chi connectivity index (χ0v) is 19.0. The maximum absolute atomic E-state index is 13.8. The van der Waals surface area contributed by atoms with Crippen LogP contribution in [-0.4, -0.2) is 29.7 Å². The van der Waals surface area contributed by atoms with Crippen LogP contribution in [0, 0.1) is 5.82 Å². The summed E-state index contributed by atoms with van der Waals surface area (Å²) in [5.74, 6) is 0.389. The average molecular weight is 461 g/mol. The monoisotopic (exact) mass is 460 g/mol. The van der Waals surface area contributed by atoms with Crippen LogP contribution in [0.3, 0.4) is 0 Å². The minimum atomic E-state index is -0.411. The first-order valence-electron chi connectivity index (χ1n) is 10.8. The normalized spacial score (nSPS) is 11.5. The van der Waals surface area contributed by atoms with Crippen molar-refractivity contribution in [2.75, 3.05) is 0 Å². The van der Waals surface area contributed by atoms with E-state index in [1.165, 1.54) is 6.07 Å². The van der Waals surface area contributed by atoms with Crippen LogP contribution in [0.1, 0.15) is 31.3 Å². The van der Waals surface area contributed by atoms with Gasteiger partial charge in [-0.2, -0.15) is 5.10 Å². The maximum Gasteiger partial charge on any atom is 0.142 e. The van der Waals surface area contributed by atoms with Crippen LogP contribution in [0.15, 0.2) is 61.1 Å². The summed E-state index contributed by atoms with van der Waals surface area (Å²) in [5.41, 5.74) is 5.87. The zero-order chi connectivity index (χ0) is 22.9. The molecule has 0 radical (unpaired) electrons. The number of rotatable bonds is 6. The number of hydrogen-bond acceptors (Lipinski definition) is 4. The molecule has 166 valence electrons. The second kappa shape index (κ2) is 8.75. The Hall–Kier alpha value is -3.58. The number of halogens is 2. The molecule has 0 aliphatic rings. The molecule has 3 heterocycles. The lowest BCUT2D eigenvalue weighted by atomic mass is 10.1. The third-order valence-electron chi connectivity index (χ3n) is 5.52. The van der Waals surface area contributed by atoms with Crippen LogP contribution in [0.4, 0.5) is 4.39 Å². The number of aryl methyl sites for hydroxylation is 2. The fraction of sp³-hybridized carbons (Fsp3) is 0.200. The van der Waals surface area contributed by atoms with E-state index in [2.05, 4.69) is 28.8 Å². The zero-order valence-electron chi connectivity index (χ0n) is 18.3. The van der Waals surface area contributed by atoms with Gasteiger partial charge in [-0.3, -0.25) is 14.6 Å². The lowest BCUT2D eigenvalue weighted by Crippen LogP contribution is -2.01. The third kappa shape index (κ3) is 4.36. The number of hydrogen-bond donors (Lipinski definition) is 1. The Morgan fingerprint density at radius 3 is 2.58 bits per heavy atom. The van der Waals surface area contributed by atoms with Gasteiger partial charge in [0, 0.05) is 36.6 Å². The SMILES string of the molecule is CC(C)n1ccc(-c2[nH]c(CCc3ccc(Cl)c(F)c3)nc2-c2ccc3nccnc3c2)n1. The van der Waals surface area contributed by atoms with E-state index in [4.69, 9.17) is 21.7 Å². The Morgan fingerprint density at radius 1 is 1.00 bits per heavy atom. The van der Waals surface area contributed by atoms with Crippen LogP contribution < -0.4 is 0 Å². The molecule has 5 aromatic rings. The molecule has 0 atom stereocenters. The van der Waals surface area contributed by atoms with Gasteiger partial charge in [0.15, 0.2) is 0 Å². The van der Waals surface area contributed by atoms with Gasteiger partial charge in [-0.15, -0.1) is 0 Å². The number of aromatic nitrogens is 6. The molecule has 0 aliphatic carbocycles. The predicted octanol–water partition coefficient (Wildman–Crippen LogP) is 6.04. The summed E-state index contributed by atoms with van der Waals surface area (Å²) in [7, 11) is 0. The lowest BCUT2D eigenvalue weighted by molar-refractivity contribution is 0.534. The molecule has 0 saturated carbocycles. The molecule has 8 heteroatoms. The predicted molar refractivity (Wildman–Crippen MR) is 128 cm³/mol. The molecule has 2 aromatic carbocycles. The van der Waals surface area contributed by atoms with Gasteiger partial charge in [-0.25, -0.2) is 9.37 Å². The van der Waals surface area contributed by atoms with Crippen LogP contribution in [0.2, 0.25) is 5.02 Å². The third-order valence-corrected chi connectivity index (χ3v) is 5.83. The number of benzene rings is 2. The molecule has 0 saturated heterocycles. The Morgan fingerprint density at radius 2 is 1.82 bits per heavy atom. The second-order valence-corrected chi connectivity index (χ2v) is 8.60. The van der Waals surface area contributed by atoms with Gasteiger partial charge < -0.3 is 4.98 Å². The van der Waals surface area contributed by atoms with Crippen molar-refractivity contribution in [2.24, 2.45) is 0 Å². The molecule has 33 heavy (non-hydrogen) atoms.